The lowest BCUT2D eigenvalue weighted by molar-refractivity contribution is 0.495. The number of nitrogens with one attached hydrogen (secondary N) is 2. The summed E-state index contributed by atoms with van der Waals surface area (Å²) >= 11 is 0. The van der Waals surface area contributed by atoms with E-state index in [1.54, 1.807) is 18.7 Å². The minimum atomic E-state index is 0.316. The Labute approximate surface area is 119 Å². The average molecular weight is 274 g/mol. The van der Waals surface area contributed by atoms with Gasteiger partial charge >= 0.3 is 0 Å². The van der Waals surface area contributed by atoms with Crippen molar-refractivity contribution < 1.29 is 4.42 Å². The topological polar surface area (TPSA) is 63.0 Å². The predicted molar refractivity (Wildman–Crippen MR) is 80.9 cm³/mol. The monoisotopic (exact) mass is 274 g/mol. The summed E-state index contributed by atoms with van der Waals surface area (Å²) in [6, 6.07) is 4.24. The lowest BCUT2D eigenvalue weighted by Crippen LogP contribution is -2.17. The van der Waals surface area contributed by atoms with E-state index < -0.39 is 0 Å². The molecule has 0 aliphatic rings. The average Bonchev–Trinajstić information content (AvgIpc) is 2.97. The van der Waals surface area contributed by atoms with Gasteiger partial charge in [0.2, 0.25) is 0 Å². The Morgan fingerprint density at radius 3 is 2.90 bits per heavy atom. The van der Waals surface area contributed by atoms with Crippen molar-refractivity contribution in [1.29, 1.82) is 0 Å². The Bertz CT molecular complexity index is 498. The third-order valence-corrected chi connectivity index (χ3v) is 2.99. The molecule has 2 heterocycles. The molecule has 0 amide bonds. The van der Waals surface area contributed by atoms with Crippen LogP contribution in [0.15, 0.2) is 35.2 Å². The first kappa shape index (κ1) is 14.4. The molecule has 0 saturated heterocycles. The Morgan fingerprint density at radius 2 is 2.15 bits per heavy atom. The normalized spacial score (nSPS) is 12.1. The molecule has 0 bridgehead atoms. The van der Waals surface area contributed by atoms with E-state index in [-0.39, 0.29) is 0 Å². The second kappa shape index (κ2) is 7.53. The van der Waals surface area contributed by atoms with E-state index in [2.05, 4.69) is 34.4 Å². The van der Waals surface area contributed by atoms with Gasteiger partial charge < -0.3 is 15.1 Å². The first-order valence-corrected chi connectivity index (χ1v) is 7.12. The molecule has 2 aromatic rings. The summed E-state index contributed by atoms with van der Waals surface area (Å²) in [5.41, 5.74) is 0. The highest BCUT2D eigenvalue weighted by atomic mass is 16.3. The van der Waals surface area contributed by atoms with Crippen LogP contribution in [0.2, 0.25) is 0 Å². The van der Waals surface area contributed by atoms with Gasteiger partial charge in [-0.05, 0) is 31.9 Å². The van der Waals surface area contributed by atoms with Crippen molar-refractivity contribution in [3.05, 3.63) is 36.5 Å². The Kier molecular flexibility index (Phi) is 5.41. The van der Waals surface area contributed by atoms with Gasteiger partial charge in [0.1, 0.15) is 17.4 Å². The molecule has 0 saturated carbocycles. The van der Waals surface area contributed by atoms with Crippen LogP contribution in [-0.2, 0) is 6.42 Å². The summed E-state index contributed by atoms with van der Waals surface area (Å²) in [5.74, 6) is 2.64. The highest BCUT2D eigenvalue weighted by molar-refractivity contribution is 5.41. The van der Waals surface area contributed by atoms with Crippen LogP contribution in [0.4, 0.5) is 11.6 Å². The van der Waals surface area contributed by atoms with E-state index >= 15 is 0 Å². The third-order valence-electron chi connectivity index (χ3n) is 2.99. The quantitative estimate of drug-likeness (QED) is 0.773. The Balaban J connectivity index is 1.82. The van der Waals surface area contributed by atoms with Gasteiger partial charge in [0.15, 0.2) is 0 Å². The van der Waals surface area contributed by atoms with Crippen molar-refractivity contribution in [3.63, 3.8) is 0 Å². The van der Waals surface area contributed by atoms with Crippen molar-refractivity contribution in [3.8, 4) is 0 Å². The van der Waals surface area contributed by atoms with E-state index in [0.717, 1.165) is 43.2 Å². The van der Waals surface area contributed by atoms with Crippen molar-refractivity contribution in [2.45, 2.75) is 39.2 Å². The lowest BCUT2D eigenvalue weighted by atomic mass is 10.1. The number of nitrogens with zero attached hydrogens (tertiary/aromatic N) is 2. The number of rotatable bonds is 8. The number of hydrogen-bond donors (Lipinski definition) is 2. The van der Waals surface area contributed by atoms with E-state index in [9.17, 15) is 0 Å². The molecule has 2 rings (SSSR count). The maximum Gasteiger partial charge on any atom is 0.147 e. The smallest absolute Gasteiger partial charge is 0.147 e. The molecule has 0 fully saturated rings. The van der Waals surface area contributed by atoms with Crippen LogP contribution in [0, 0.1) is 0 Å². The van der Waals surface area contributed by atoms with Crippen LogP contribution in [-0.4, -0.2) is 22.6 Å². The number of hydrogen-bond acceptors (Lipinski definition) is 5. The molecule has 5 heteroatoms. The van der Waals surface area contributed by atoms with Crippen LogP contribution >= 0.6 is 0 Å². The van der Waals surface area contributed by atoms with Gasteiger partial charge in [-0.15, -0.1) is 0 Å². The minimum Gasteiger partial charge on any atom is -0.469 e. The van der Waals surface area contributed by atoms with Crippen LogP contribution in [0.3, 0.4) is 0 Å². The number of aryl methyl sites for hydroxylation is 1. The second-order valence-electron chi connectivity index (χ2n) is 4.88. The molecule has 0 spiro atoms. The maximum atomic E-state index is 5.33. The summed E-state index contributed by atoms with van der Waals surface area (Å²) in [4.78, 5) is 8.68. The highest BCUT2D eigenvalue weighted by Crippen LogP contribution is 2.11. The summed E-state index contributed by atoms with van der Waals surface area (Å²) < 4.78 is 5.33. The first-order chi connectivity index (χ1) is 9.78. The lowest BCUT2D eigenvalue weighted by Gasteiger charge is -2.14. The molecular formula is C15H22N4O. The Hall–Kier alpha value is -2.04. The van der Waals surface area contributed by atoms with Gasteiger partial charge in [0.05, 0.1) is 18.7 Å². The minimum absolute atomic E-state index is 0.316. The van der Waals surface area contributed by atoms with Crippen molar-refractivity contribution in [2.75, 3.05) is 17.2 Å². The van der Waals surface area contributed by atoms with Crippen LogP contribution in [0.5, 0.6) is 0 Å². The van der Waals surface area contributed by atoms with Gasteiger partial charge in [-0.1, -0.05) is 6.92 Å². The van der Waals surface area contributed by atoms with Gasteiger partial charge in [0, 0.05) is 19.0 Å². The van der Waals surface area contributed by atoms with Crippen molar-refractivity contribution in [1.82, 2.24) is 9.97 Å². The number of furan rings is 1. The molecule has 2 aromatic heterocycles. The molecule has 20 heavy (non-hydrogen) atoms. The molecule has 108 valence electrons. The molecule has 0 aliphatic heterocycles. The van der Waals surface area contributed by atoms with Crippen LogP contribution in [0.25, 0.3) is 0 Å². The van der Waals surface area contributed by atoms with Gasteiger partial charge in [-0.2, -0.15) is 0 Å². The summed E-state index contributed by atoms with van der Waals surface area (Å²) in [6.07, 6.45) is 8.18. The molecule has 0 aliphatic carbocycles. The number of anilines is 2. The highest BCUT2D eigenvalue weighted by Gasteiger charge is 2.06. The fourth-order valence-corrected chi connectivity index (χ4v) is 1.91. The van der Waals surface area contributed by atoms with Crippen molar-refractivity contribution in [2.24, 2.45) is 0 Å². The zero-order chi connectivity index (χ0) is 14.2. The summed E-state index contributed by atoms with van der Waals surface area (Å²) in [6.45, 7) is 5.17. The Morgan fingerprint density at radius 1 is 1.30 bits per heavy atom. The molecular weight excluding hydrogens is 252 g/mol. The molecule has 0 radical (unpaired) electrons. The van der Waals surface area contributed by atoms with E-state index in [0.29, 0.717) is 6.04 Å². The zero-order valence-electron chi connectivity index (χ0n) is 12.1. The fourth-order valence-electron chi connectivity index (χ4n) is 1.91. The summed E-state index contributed by atoms with van der Waals surface area (Å²) in [7, 11) is 0. The van der Waals surface area contributed by atoms with Gasteiger partial charge in [0.25, 0.3) is 0 Å². The van der Waals surface area contributed by atoms with Crippen LogP contribution in [0.1, 0.15) is 32.4 Å². The van der Waals surface area contributed by atoms with Gasteiger partial charge in [-0.25, -0.2) is 4.98 Å². The number of aromatic nitrogens is 2. The van der Waals surface area contributed by atoms with Gasteiger partial charge in [-0.3, -0.25) is 4.98 Å². The maximum absolute atomic E-state index is 5.33. The third kappa shape index (κ3) is 4.57. The molecule has 0 aromatic carbocycles. The first-order valence-electron chi connectivity index (χ1n) is 7.12. The fraction of sp³-hybridized carbons (Fsp3) is 0.467. The zero-order valence-corrected chi connectivity index (χ0v) is 12.1. The SMILES string of the molecule is CCCNc1cncc(NC(C)CCc2ccco2)n1. The van der Waals surface area contributed by atoms with Crippen LogP contribution < -0.4 is 10.6 Å². The van der Waals surface area contributed by atoms with Crippen molar-refractivity contribution >= 4 is 11.6 Å². The largest absolute Gasteiger partial charge is 0.469 e. The van der Waals surface area contributed by atoms with E-state index in [1.165, 1.54) is 0 Å². The standard InChI is InChI=1S/C15H22N4O/c1-3-8-17-14-10-16-11-15(19-14)18-12(2)6-7-13-5-4-9-20-13/h4-5,9-12H,3,6-8H2,1-2H3,(H2,17,18,19). The predicted octanol–water partition coefficient (Wildman–Crippen LogP) is 3.32. The molecule has 1 unspecified atom stereocenters. The molecule has 1 atom stereocenters. The molecule has 2 N–H and O–H groups in total. The second-order valence-corrected chi connectivity index (χ2v) is 4.88. The van der Waals surface area contributed by atoms with E-state index in [4.69, 9.17) is 4.42 Å². The van der Waals surface area contributed by atoms with E-state index in [1.807, 2.05) is 12.1 Å². The molecule has 5 nitrogen and oxygen atoms in total. The summed E-state index contributed by atoms with van der Waals surface area (Å²) in [5, 5.41) is 6.60.